The van der Waals surface area contributed by atoms with Crippen molar-refractivity contribution in [1.29, 1.82) is 0 Å². The van der Waals surface area contributed by atoms with Gasteiger partial charge in [0.2, 0.25) is 5.91 Å². The van der Waals surface area contributed by atoms with E-state index in [-0.39, 0.29) is 23.3 Å². The number of amides is 2. The minimum Gasteiger partial charge on any atom is -0.454 e. The van der Waals surface area contributed by atoms with Crippen LogP contribution >= 0.6 is 0 Å². The Morgan fingerprint density at radius 3 is 2.47 bits per heavy atom. The molecule has 0 radical (unpaired) electrons. The maximum Gasteiger partial charge on any atom is 0.269 e. The molecule has 0 aliphatic carbocycles. The van der Waals surface area contributed by atoms with E-state index in [4.69, 9.17) is 10.5 Å². The summed E-state index contributed by atoms with van der Waals surface area (Å²) in [5, 5.41) is 4.45. The summed E-state index contributed by atoms with van der Waals surface area (Å²) in [7, 11) is 0. The standard InChI is InChI=1S/C27H26FN5O3/c1-16(2)27(35)32-13-11-17(12-14-32)20-15-30-33-24(25(29)34)23(31-26(20)33)18-7-9-19(10-8-18)36-22-6-4-3-5-21(22)28/h3-10,15,17,31H,1,11-14H2,2H3,(H2,29,34). The fraction of sp³-hybridized carbons (Fsp3) is 0.222. The minimum atomic E-state index is -0.612. The van der Waals surface area contributed by atoms with Crippen LogP contribution in [-0.4, -0.2) is 44.4 Å². The quantitative estimate of drug-likeness (QED) is 0.387. The number of nitrogens with two attached hydrogens (primary N) is 1. The molecule has 36 heavy (non-hydrogen) atoms. The van der Waals surface area contributed by atoms with Crippen molar-refractivity contribution in [3.63, 3.8) is 0 Å². The van der Waals surface area contributed by atoms with E-state index in [9.17, 15) is 14.0 Å². The number of hydrogen-bond donors (Lipinski definition) is 2. The van der Waals surface area contributed by atoms with Crippen molar-refractivity contribution in [2.45, 2.75) is 25.7 Å². The molecule has 9 heteroatoms. The van der Waals surface area contributed by atoms with Gasteiger partial charge in [0, 0.05) is 29.8 Å². The maximum atomic E-state index is 13.9. The highest BCUT2D eigenvalue weighted by molar-refractivity contribution is 5.98. The van der Waals surface area contributed by atoms with E-state index in [2.05, 4.69) is 16.7 Å². The first-order valence-electron chi connectivity index (χ1n) is 11.7. The van der Waals surface area contributed by atoms with Crippen LogP contribution in [0.3, 0.4) is 0 Å². The Balaban J connectivity index is 1.42. The number of H-pyrrole nitrogens is 1. The smallest absolute Gasteiger partial charge is 0.269 e. The van der Waals surface area contributed by atoms with Crippen molar-refractivity contribution in [3.8, 4) is 22.8 Å². The molecule has 1 aliphatic heterocycles. The third kappa shape index (κ3) is 4.24. The lowest BCUT2D eigenvalue weighted by Crippen LogP contribution is -2.38. The Morgan fingerprint density at radius 2 is 1.83 bits per heavy atom. The number of benzene rings is 2. The van der Waals surface area contributed by atoms with Gasteiger partial charge in [-0.2, -0.15) is 5.10 Å². The van der Waals surface area contributed by atoms with Crippen molar-refractivity contribution < 1.29 is 18.7 Å². The lowest BCUT2D eigenvalue weighted by Gasteiger charge is -2.31. The highest BCUT2D eigenvalue weighted by atomic mass is 19.1. The molecule has 5 rings (SSSR count). The normalized spacial score (nSPS) is 14.2. The number of ether oxygens (including phenoxy) is 1. The molecular weight excluding hydrogens is 461 g/mol. The summed E-state index contributed by atoms with van der Waals surface area (Å²) in [6.45, 7) is 6.74. The van der Waals surface area contributed by atoms with Gasteiger partial charge in [-0.1, -0.05) is 18.7 Å². The molecule has 2 amide bonds. The molecule has 0 bridgehead atoms. The number of halogens is 1. The second kappa shape index (κ2) is 9.33. The van der Waals surface area contributed by atoms with Crippen LogP contribution in [0.2, 0.25) is 0 Å². The van der Waals surface area contributed by atoms with Crippen molar-refractivity contribution >= 4 is 17.5 Å². The molecule has 0 atom stereocenters. The zero-order valence-corrected chi connectivity index (χ0v) is 19.8. The van der Waals surface area contributed by atoms with Crippen LogP contribution in [0.4, 0.5) is 4.39 Å². The van der Waals surface area contributed by atoms with Gasteiger partial charge in [0.1, 0.15) is 11.4 Å². The van der Waals surface area contributed by atoms with Gasteiger partial charge < -0.3 is 20.4 Å². The third-order valence-corrected chi connectivity index (χ3v) is 6.52. The molecule has 1 saturated heterocycles. The fourth-order valence-corrected chi connectivity index (χ4v) is 4.68. The van der Waals surface area contributed by atoms with E-state index >= 15 is 0 Å². The Morgan fingerprint density at radius 1 is 1.14 bits per heavy atom. The average Bonchev–Trinajstić information content (AvgIpc) is 3.45. The van der Waals surface area contributed by atoms with Crippen LogP contribution in [0.5, 0.6) is 11.5 Å². The number of imidazole rings is 1. The maximum absolute atomic E-state index is 13.9. The summed E-state index contributed by atoms with van der Waals surface area (Å²) in [6.07, 6.45) is 3.32. The Hall–Kier alpha value is -4.40. The first-order valence-corrected chi connectivity index (χ1v) is 11.7. The predicted octanol–water partition coefficient (Wildman–Crippen LogP) is 4.64. The van der Waals surface area contributed by atoms with E-state index in [0.29, 0.717) is 41.3 Å². The number of hydrogen-bond acceptors (Lipinski definition) is 4. The Bertz CT molecular complexity index is 1460. The second-order valence-corrected chi connectivity index (χ2v) is 8.98. The largest absolute Gasteiger partial charge is 0.454 e. The van der Waals surface area contributed by atoms with Gasteiger partial charge in [0.25, 0.3) is 5.91 Å². The Labute approximate surface area is 207 Å². The summed E-state index contributed by atoms with van der Waals surface area (Å²) in [5.74, 6) is -0.320. The number of fused-ring (bicyclic) bond motifs is 1. The number of rotatable bonds is 6. The molecule has 2 aromatic heterocycles. The van der Waals surface area contributed by atoms with Crippen LogP contribution in [0.15, 0.2) is 66.9 Å². The van der Waals surface area contributed by atoms with E-state index in [0.717, 1.165) is 18.4 Å². The summed E-state index contributed by atoms with van der Waals surface area (Å²) in [4.78, 5) is 29.8. The van der Waals surface area contributed by atoms with Crippen LogP contribution in [-0.2, 0) is 4.79 Å². The number of nitrogens with one attached hydrogen (secondary N) is 1. The molecule has 1 fully saturated rings. The number of piperidine rings is 1. The number of primary amides is 1. The van der Waals surface area contributed by atoms with Gasteiger partial charge in [-0.3, -0.25) is 9.59 Å². The number of carbonyl (C=O) groups is 2. The molecule has 3 N–H and O–H groups in total. The minimum absolute atomic E-state index is 0.0193. The van der Waals surface area contributed by atoms with Gasteiger partial charge in [-0.25, -0.2) is 8.91 Å². The van der Waals surface area contributed by atoms with Gasteiger partial charge in [-0.05, 0) is 62.1 Å². The van der Waals surface area contributed by atoms with Gasteiger partial charge >= 0.3 is 0 Å². The molecule has 0 unspecified atom stereocenters. The predicted molar refractivity (Wildman–Crippen MR) is 133 cm³/mol. The number of aromatic amines is 1. The van der Waals surface area contributed by atoms with Crippen molar-refractivity contribution in [2.24, 2.45) is 5.73 Å². The van der Waals surface area contributed by atoms with E-state index in [1.54, 1.807) is 60.1 Å². The number of carbonyl (C=O) groups excluding carboxylic acids is 2. The summed E-state index contributed by atoms with van der Waals surface area (Å²) in [6, 6.07) is 13.1. The number of para-hydroxylation sites is 1. The highest BCUT2D eigenvalue weighted by Crippen LogP contribution is 2.34. The zero-order chi connectivity index (χ0) is 25.4. The topological polar surface area (TPSA) is 106 Å². The first-order chi connectivity index (χ1) is 17.3. The summed E-state index contributed by atoms with van der Waals surface area (Å²) < 4.78 is 21.1. The molecule has 184 valence electrons. The molecule has 8 nitrogen and oxygen atoms in total. The van der Waals surface area contributed by atoms with Gasteiger partial charge in [-0.15, -0.1) is 0 Å². The van der Waals surface area contributed by atoms with Crippen molar-refractivity contribution in [3.05, 3.63) is 84.0 Å². The average molecular weight is 488 g/mol. The molecule has 3 heterocycles. The molecule has 0 spiro atoms. The van der Waals surface area contributed by atoms with Gasteiger partial charge in [0.05, 0.1) is 11.9 Å². The first kappa shape index (κ1) is 23.3. The SMILES string of the molecule is C=C(C)C(=O)N1CCC(c2cnn3c(C(N)=O)c(-c4ccc(Oc5ccccc5F)cc4)[nH]c23)CC1. The van der Waals surface area contributed by atoms with E-state index < -0.39 is 11.7 Å². The molecule has 4 aromatic rings. The number of aromatic nitrogens is 3. The number of nitrogens with zero attached hydrogens (tertiary/aromatic N) is 3. The molecule has 1 aliphatic rings. The lowest BCUT2D eigenvalue weighted by atomic mass is 9.91. The zero-order valence-electron chi connectivity index (χ0n) is 19.8. The van der Waals surface area contributed by atoms with E-state index in [1.165, 1.54) is 6.07 Å². The molecule has 0 saturated carbocycles. The van der Waals surface area contributed by atoms with Crippen LogP contribution < -0.4 is 10.5 Å². The van der Waals surface area contributed by atoms with Crippen LogP contribution in [0.25, 0.3) is 16.9 Å². The monoisotopic (exact) mass is 487 g/mol. The Kier molecular flexibility index (Phi) is 6.05. The highest BCUT2D eigenvalue weighted by Gasteiger charge is 2.28. The van der Waals surface area contributed by atoms with Crippen LogP contribution in [0, 0.1) is 5.82 Å². The van der Waals surface area contributed by atoms with Crippen LogP contribution in [0.1, 0.15) is 41.7 Å². The third-order valence-electron chi connectivity index (χ3n) is 6.52. The summed E-state index contributed by atoms with van der Waals surface area (Å²) in [5.41, 5.74) is 9.45. The van der Waals surface area contributed by atoms with E-state index in [1.807, 2.05) is 4.90 Å². The fourth-order valence-electron chi connectivity index (χ4n) is 4.68. The molecular formula is C27H26FN5O3. The van der Waals surface area contributed by atoms with Crippen molar-refractivity contribution in [1.82, 2.24) is 19.5 Å². The second-order valence-electron chi connectivity index (χ2n) is 8.98. The summed E-state index contributed by atoms with van der Waals surface area (Å²) >= 11 is 0. The van der Waals surface area contributed by atoms with Gasteiger partial charge in [0.15, 0.2) is 17.3 Å². The molecule has 2 aromatic carbocycles. The lowest BCUT2D eigenvalue weighted by molar-refractivity contribution is -0.128. The van der Waals surface area contributed by atoms with Crippen molar-refractivity contribution in [2.75, 3.05) is 13.1 Å². The number of likely N-dealkylation sites (tertiary alicyclic amines) is 1.